The van der Waals surface area contributed by atoms with Crippen LogP contribution in [0.1, 0.15) is 21.5 Å². The van der Waals surface area contributed by atoms with Crippen LogP contribution in [-0.2, 0) is 6.61 Å². The molecular weight excluding hydrogens is 428 g/mol. The molecule has 0 saturated carbocycles. The van der Waals surface area contributed by atoms with Crippen molar-refractivity contribution >= 4 is 39.7 Å². The minimum absolute atomic E-state index is 0.285. The number of rotatable bonds is 6. The average molecular weight is 444 g/mol. The minimum Gasteiger partial charge on any atom is -0.488 e. The molecule has 0 radical (unpaired) electrons. The summed E-state index contributed by atoms with van der Waals surface area (Å²) in [4.78, 5) is 12.1. The fraction of sp³-hybridized carbons (Fsp3) is 0.0476. The van der Waals surface area contributed by atoms with Gasteiger partial charge in [-0.25, -0.2) is 5.43 Å². The maximum Gasteiger partial charge on any atom is 0.271 e. The van der Waals surface area contributed by atoms with Crippen LogP contribution in [0.3, 0.4) is 0 Å². The van der Waals surface area contributed by atoms with E-state index in [2.05, 4.69) is 26.5 Å². The standard InChI is InChI=1S/C21H16BrClN2O2/c22-18-6-3-5-16(12-18)21(26)25-24-13-17-4-1-2-7-20(17)27-14-15-8-10-19(23)11-9-15/h1-13H,14H2,(H,25,26)/b24-13+. The molecule has 0 atom stereocenters. The predicted octanol–water partition coefficient (Wildman–Crippen LogP) is 5.45. The maximum absolute atomic E-state index is 12.1. The Kier molecular flexibility index (Phi) is 6.63. The van der Waals surface area contributed by atoms with Crippen LogP contribution < -0.4 is 10.2 Å². The maximum atomic E-state index is 12.1. The Hall–Kier alpha value is -2.63. The number of ether oxygens (including phenoxy) is 1. The van der Waals surface area contributed by atoms with Gasteiger partial charge in [-0.2, -0.15) is 5.10 Å². The monoisotopic (exact) mass is 442 g/mol. The number of halogens is 2. The van der Waals surface area contributed by atoms with Gasteiger partial charge in [0.15, 0.2) is 0 Å². The van der Waals surface area contributed by atoms with Crippen molar-refractivity contribution in [2.45, 2.75) is 6.61 Å². The van der Waals surface area contributed by atoms with Crippen LogP contribution in [0.5, 0.6) is 5.75 Å². The highest BCUT2D eigenvalue weighted by atomic mass is 79.9. The second kappa shape index (κ2) is 9.35. The van der Waals surface area contributed by atoms with E-state index in [0.29, 0.717) is 22.9 Å². The summed E-state index contributed by atoms with van der Waals surface area (Å²) >= 11 is 9.24. The average Bonchev–Trinajstić information content (AvgIpc) is 2.68. The molecule has 0 fully saturated rings. The highest BCUT2D eigenvalue weighted by molar-refractivity contribution is 9.10. The van der Waals surface area contributed by atoms with Gasteiger partial charge in [0, 0.05) is 20.6 Å². The van der Waals surface area contributed by atoms with Gasteiger partial charge in [-0.15, -0.1) is 0 Å². The third-order valence-corrected chi connectivity index (χ3v) is 4.43. The Morgan fingerprint density at radius 1 is 1.07 bits per heavy atom. The first-order valence-electron chi connectivity index (χ1n) is 8.17. The molecule has 6 heteroatoms. The molecule has 0 aliphatic rings. The van der Waals surface area contributed by atoms with Crippen molar-refractivity contribution in [3.63, 3.8) is 0 Å². The summed E-state index contributed by atoms with van der Waals surface area (Å²) in [6.07, 6.45) is 1.56. The number of nitrogens with zero attached hydrogens (tertiary/aromatic N) is 1. The van der Waals surface area contributed by atoms with Crippen LogP contribution in [0.25, 0.3) is 0 Å². The number of hydrazone groups is 1. The normalized spacial score (nSPS) is 10.7. The van der Waals surface area contributed by atoms with E-state index in [-0.39, 0.29) is 5.91 Å². The van der Waals surface area contributed by atoms with Gasteiger partial charge >= 0.3 is 0 Å². The fourth-order valence-corrected chi connectivity index (χ4v) is 2.84. The first kappa shape index (κ1) is 19.1. The third kappa shape index (κ3) is 5.67. The molecule has 0 aliphatic carbocycles. The molecule has 0 bridgehead atoms. The first-order valence-corrected chi connectivity index (χ1v) is 9.34. The quantitative estimate of drug-likeness (QED) is 0.407. The Morgan fingerprint density at radius 2 is 1.85 bits per heavy atom. The highest BCUT2D eigenvalue weighted by Gasteiger charge is 2.05. The van der Waals surface area contributed by atoms with E-state index in [1.807, 2.05) is 54.6 Å². The molecule has 3 rings (SSSR count). The van der Waals surface area contributed by atoms with Crippen molar-refractivity contribution in [1.29, 1.82) is 0 Å². The first-order chi connectivity index (χ1) is 13.1. The van der Waals surface area contributed by atoms with Gasteiger partial charge in [-0.05, 0) is 48.0 Å². The Morgan fingerprint density at radius 3 is 2.63 bits per heavy atom. The fourth-order valence-electron chi connectivity index (χ4n) is 2.32. The molecule has 1 N–H and O–H groups in total. The highest BCUT2D eigenvalue weighted by Crippen LogP contribution is 2.18. The number of amides is 1. The number of carbonyl (C=O) groups excluding carboxylic acids is 1. The zero-order chi connectivity index (χ0) is 19.1. The lowest BCUT2D eigenvalue weighted by Gasteiger charge is -2.09. The third-order valence-electron chi connectivity index (χ3n) is 3.68. The predicted molar refractivity (Wildman–Crippen MR) is 111 cm³/mol. The van der Waals surface area contributed by atoms with Crippen LogP contribution in [-0.4, -0.2) is 12.1 Å². The molecule has 0 aliphatic heterocycles. The summed E-state index contributed by atoms with van der Waals surface area (Å²) in [5.74, 6) is 0.389. The summed E-state index contributed by atoms with van der Waals surface area (Å²) in [5.41, 5.74) is 4.82. The number of benzene rings is 3. The Balaban J connectivity index is 1.64. The van der Waals surface area contributed by atoms with Crippen molar-refractivity contribution in [1.82, 2.24) is 5.43 Å². The number of hydrogen-bond acceptors (Lipinski definition) is 3. The van der Waals surface area contributed by atoms with E-state index in [1.165, 1.54) is 0 Å². The van der Waals surface area contributed by atoms with Gasteiger partial charge in [-0.1, -0.05) is 57.9 Å². The van der Waals surface area contributed by atoms with Crippen LogP contribution in [0.15, 0.2) is 82.4 Å². The lowest BCUT2D eigenvalue weighted by Crippen LogP contribution is -2.17. The van der Waals surface area contributed by atoms with Gasteiger partial charge < -0.3 is 4.74 Å². The van der Waals surface area contributed by atoms with E-state index < -0.39 is 0 Å². The topological polar surface area (TPSA) is 50.7 Å². The van der Waals surface area contributed by atoms with Crippen molar-refractivity contribution in [2.24, 2.45) is 5.10 Å². The van der Waals surface area contributed by atoms with Gasteiger partial charge in [0.25, 0.3) is 5.91 Å². The van der Waals surface area contributed by atoms with Gasteiger partial charge in [-0.3, -0.25) is 4.79 Å². The van der Waals surface area contributed by atoms with Crippen LogP contribution in [0.2, 0.25) is 5.02 Å². The summed E-state index contributed by atoms with van der Waals surface area (Å²) in [5, 5.41) is 4.73. The van der Waals surface area contributed by atoms with E-state index in [0.717, 1.165) is 15.6 Å². The molecule has 4 nitrogen and oxygen atoms in total. The molecule has 0 aromatic heterocycles. The van der Waals surface area contributed by atoms with Crippen molar-refractivity contribution in [3.8, 4) is 5.75 Å². The zero-order valence-electron chi connectivity index (χ0n) is 14.2. The summed E-state index contributed by atoms with van der Waals surface area (Å²) in [7, 11) is 0. The zero-order valence-corrected chi connectivity index (χ0v) is 16.6. The molecule has 27 heavy (non-hydrogen) atoms. The van der Waals surface area contributed by atoms with Crippen LogP contribution in [0.4, 0.5) is 0 Å². The SMILES string of the molecule is O=C(N/N=C/c1ccccc1OCc1ccc(Cl)cc1)c1cccc(Br)c1. The molecular formula is C21H16BrClN2O2. The molecule has 0 spiro atoms. The molecule has 3 aromatic rings. The molecule has 1 amide bonds. The molecule has 0 heterocycles. The number of hydrogen-bond donors (Lipinski definition) is 1. The number of carbonyl (C=O) groups is 1. The largest absolute Gasteiger partial charge is 0.488 e. The number of para-hydroxylation sites is 1. The smallest absolute Gasteiger partial charge is 0.271 e. The molecule has 0 unspecified atom stereocenters. The van der Waals surface area contributed by atoms with E-state index >= 15 is 0 Å². The Labute approximate surface area is 171 Å². The second-order valence-corrected chi connectivity index (χ2v) is 7.01. The van der Waals surface area contributed by atoms with Crippen molar-refractivity contribution < 1.29 is 9.53 Å². The lowest BCUT2D eigenvalue weighted by atomic mass is 10.2. The molecule has 0 saturated heterocycles. The Bertz CT molecular complexity index is 958. The van der Waals surface area contributed by atoms with Gasteiger partial charge in [0.05, 0.1) is 6.21 Å². The van der Waals surface area contributed by atoms with Crippen LogP contribution in [0, 0.1) is 0 Å². The summed E-state index contributed by atoms with van der Waals surface area (Å²) in [6.45, 7) is 0.409. The van der Waals surface area contributed by atoms with E-state index in [1.54, 1.807) is 24.4 Å². The lowest BCUT2D eigenvalue weighted by molar-refractivity contribution is 0.0955. The second-order valence-electron chi connectivity index (χ2n) is 5.66. The van der Waals surface area contributed by atoms with Gasteiger partial charge in [0.2, 0.25) is 0 Å². The number of nitrogens with one attached hydrogen (secondary N) is 1. The van der Waals surface area contributed by atoms with E-state index in [4.69, 9.17) is 16.3 Å². The van der Waals surface area contributed by atoms with Gasteiger partial charge in [0.1, 0.15) is 12.4 Å². The van der Waals surface area contributed by atoms with Crippen LogP contribution >= 0.6 is 27.5 Å². The molecule has 136 valence electrons. The summed E-state index contributed by atoms with van der Waals surface area (Å²) < 4.78 is 6.70. The van der Waals surface area contributed by atoms with Crippen molar-refractivity contribution in [3.05, 3.63) is 99.0 Å². The summed E-state index contributed by atoms with van der Waals surface area (Å²) in [6, 6.07) is 22.1. The van der Waals surface area contributed by atoms with E-state index in [9.17, 15) is 4.79 Å². The van der Waals surface area contributed by atoms with Crippen molar-refractivity contribution in [2.75, 3.05) is 0 Å². The molecule has 3 aromatic carbocycles. The minimum atomic E-state index is -0.285.